The van der Waals surface area contributed by atoms with Crippen molar-refractivity contribution in [3.63, 3.8) is 0 Å². The van der Waals surface area contributed by atoms with Crippen molar-refractivity contribution in [3.8, 4) is 0 Å². The normalized spacial score (nSPS) is 15.9. The Morgan fingerprint density at radius 3 is 1.93 bits per heavy atom. The number of unbranched alkanes of at least 4 members (excludes halogenated alkanes) is 2. The molecule has 2 rings (SSSR count). The van der Waals surface area contributed by atoms with Crippen LogP contribution in [0.1, 0.15) is 112 Å². The quantitative estimate of drug-likeness (QED) is 0.156. The number of alkyl carbamates (subject to hydrolysis) is 2. The highest BCUT2D eigenvalue weighted by Gasteiger charge is 2.46. The number of hydrogen-bond acceptors (Lipinski definition) is 6. The minimum absolute atomic E-state index is 0.0536. The molecule has 1 aromatic rings. The first-order valence-electron chi connectivity index (χ1n) is 15.0. The van der Waals surface area contributed by atoms with E-state index in [0.29, 0.717) is 6.42 Å². The minimum Gasteiger partial charge on any atom is -0.444 e. The molecule has 0 aromatic heterocycles. The van der Waals surface area contributed by atoms with Gasteiger partial charge in [-0.25, -0.2) is 14.6 Å². The van der Waals surface area contributed by atoms with E-state index in [0.717, 1.165) is 51.4 Å². The Bertz CT molecular complexity index is 991. The zero-order valence-corrected chi connectivity index (χ0v) is 26.4. The number of nitrogens with one attached hydrogen (secondary N) is 3. The number of ether oxygens (including phenoxy) is 2. The Hall–Kier alpha value is -3.10. The van der Waals surface area contributed by atoms with Crippen molar-refractivity contribution >= 4 is 24.1 Å². The van der Waals surface area contributed by atoms with Crippen LogP contribution in [-0.4, -0.2) is 46.8 Å². The van der Waals surface area contributed by atoms with Crippen molar-refractivity contribution in [1.82, 2.24) is 16.0 Å². The largest absolute Gasteiger partial charge is 0.444 e. The zero-order valence-electron chi connectivity index (χ0n) is 26.4. The summed E-state index contributed by atoms with van der Waals surface area (Å²) in [4.78, 5) is 42.9. The molecule has 3 amide bonds. The van der Waals surface area contributed by atoms with Gasteiger partial charge in [-0.2, -0.15) is 0 Å². The molecule has 41 heavy (non-hydrogen) atoms. The molecule has 0 radical (unpaired) electrons. The molecule has 1 aliphatic carbocycles. The van der Waals surface area contributed by atoms with E-state index in [9.17, 15) is 14.4 Å². The van der Waals surface area contributed by atoms with E-state index in [1.54, 1.807) is 41.5 Å². The van der Waals surface area contributed by atoms with Crippen molar-refractivity contribution in [3.05, 3.63) is 35.9 Å². The van der Waals surface area contributed by atoms with Crippen LogP contribution in [0.3, 0.4) is 0 Å². The summed E-state index contributed by atoms with van der Waals surface area (Å²) in [5.41, 5.74) is -0.808. The predicted molar refractivity (Wildman–Crippen MR) is 163 cm³/mol. The first-order chi connectivity index (χ1) is 19.1. The molecule has 0 aliphatic heterocycles. The van der Waals surface area contributed by atoms with E-state index >= 15 is 0 Å². The zero-order chi connectivity index (χ0) is 30.7. The van der Waals surface area contributed by atoms with E-state index in [1.807, 2.05) is 18.2 Å². The van der Waals surface area contributed by atoms with Crippen LogP contribution in [-0.2, 0) is 20.7 Å². The Morgan fingerprint density at radius 2 is 1.49 bits per heavy atom. The first-order valence-corrected chi connectivity index (χ1v) is 15.0. The lowest BCUT2D eigenvalue weighted by molar-refractivity contribution is -0.122. The van der Waals surface area contributed by atoms with Crippen molar-refractivity contribution < 1.29 is 23.9 Å². The number of benzene rings is 1. The number of guanidine groups is 1. The van der Waals surface area contributed by atoms with Crippen LogP contribution < -0.4 is 16.0 Å². The second-order valence-electron chi connectivity index (χ2n) is 13.2. The second-order valence-corrected chi connectivity index (χ2v) is 13.2. The average Bonchev–Trinajstić information content (AvgIpc) is 2.79. The number of amides is 3. The molecule has 1 saturated carbocycles. The van der Waals surface area contributed by atoms with Gasteiger partial charge in [0.2, 0.25) is 11.9 Å². The van der Waals surface area contributed by atoms with Gasteiger partial charge >= 0.3 is 12.2 Å². The summed E-state index contributed by atoms with van der Waals surface area (Å²) >= 11 is 0. The molecule has 1 fully saturated rings. The molecule has 0 spiro atoms. The molecule has 1 aromatic carbocycles. The van der Waals surface area contributed by atoms with Crippen LogP contribution in [0.25, 0.3) is 0 Å². The number of aliphatic imine (C=N–C) groups is 1. The lowest BCUT2D eigenvalue weighted by atomic mass is 9.68. The summed E-state index contributed by atoms with van der Waals surface area (Å²) in [6.07, 6.45) is 6.93. The predicted octanol–water partition coefficient (Wildman–Crippen LogP) is 6.65. The monoisotopic (exact) mass is 572 g/mol. The van der Waals surface area contributed by atoms with Gasteiger partial charge in [-0.3, -0.25) is 15.4 Å². The average molecular weight is 573 g/mol. The maximum Gasteiger partial charge on any atom is 0.414 e. The molecular weight excluding hydrogens is 520 g/mol. The maximum absolute atomic E-state index is 12.8. The van der Waals surface area contributed by atoms with E-state index in [2.05, 4.69) is 35.0 Å². The number of carbonyl (C=O) groups is 3. The molecule has 2 unspecified atom stereocenters. The highest BCUT2D eigenvalue weighted by Crippen LogP contribution is 2.40. The Morgan fingerprint density at radius 1 is 0.927 bits per heavy atom. The van der Waals surface area contributed by atoms with Crippen LogP contribution in [0.4, 0.5) is 9.59 Å². The van der Waals surface area contributed by atoms with E-state index in [1.165, 1.54) is 12.5 Å². The molecule has 0 heterocycles. The van der Waals surface area contributed by atoms with Crippen LogP contribution >= 0.6 is 0 Å². The summed E-state index contributed by atoms with van der Waals surface area (Å²) < 4.78 is 10.9. The first kappa shape index (κ1) is 34.1. The molecule has 1 aliphatic rings. The lowest BCUT2D eigenvalue weighted by Gasteiger charge is -2.47. The highest BCUT2D eigenvalue weighted by molar-refractivity contribution is 6.01. The number of nitrogens with zero attached hydrogens (tertiary/aromatic N) is 1. The van der Waals surface area contributed by atoms with Crippen LogP contribution in [0.2, 0.25) is 0 Å². The molecule has 3 N–H and O–H groups in total. The summed E-state index contributed by atoms with van der Waals surface area (Å²) in [6.45, 7) is 14.3. The fraction of sp³-hybridized carbons (Fsp3) is 0.688. The van der Waals surface area contributed by atoms with Gasteiger partial charge in [0.25, 0.3) is 0 Å². The molecule has 230 valence electrons. The van der Waals surface area contributed by atoms with Gasteiger partial charge in [-0.15, -0.1) is 0 Å². The van der Waals surface area contributed by atoms with Crippen molar-refractivity contribution in [2.45, 2.75) is 136 Å². The van der Waals surface area contributed by atoms with Crippen LogP contribution in [0.5, 0.6) is 0 Å². The van der Waals surface area contributed by atoms with E-state index < -0.39 is 35.0 Å². The Labute approximate surface area is 246 Å². The smallest absolute Gasteiger partial charge is 0.414 e. The third kappa shape index (κ3) is 13.0. The number of carbonyl (C=O) groups excluding carboxylic acids is 3. The maximum atomic E-state index is 12.8. The van der Waals surface area contributed by atoms with Gasteiger partial charge < -0.3 is 14.8 Å². The van der Waals surface area contributed by atoms with Gasteiger partial charge in [-0.1, -0.05) is 62.9 Å². The molecule has 0 saturated heterocycles. The molecule has 0 bridgehead atoms. The van der Waals surface area contributed by atoms with E-state index in [4.69, 9.17) is 14.5 Å². The van der Waals surface area contributed by atoms with Crippen molar-refractivity contribution in [1.29, 1.82) is 0 Å². The molecular formula is C32H52N4O5. The van der Waals surface area contributed by atoms with E-state index in [-0.39, 0.29) is 17.8 Å². The topological polar surface area (TPSA) is 118 Å². The summed E-state index contributed by atoms with van der Waals surface area (Å²) in [6, 6.07) is 9.99. The Balaban J connectivity index is 2.48. The lowest BCUT2D eigenvalue weighted by Crippen LogP contribution is -2.61. The summed E-state index contributed by atoms with van der Waals surface area (Å²) in [7, 11) is 0. The van der Waals surface area contributed by atoms with Gasteiger partial charge in [0.1, 0.15) is 11.2 Å². The van der Waals surface area contributed by atoms with Gasteiger partial charge in [0.05, 0.1) is 11.6 Å². The third-order valence-corrected chi connectivity index (χ3v) is 6.97. The van der Waals surface area contributed by atoms with Crippen molar-refractivity contribution in [2.75, 3.05) is 0 Å². The summed E-state index contributed by atoms with van der Waals surface area (Å²) in [5.74, 6) is 0.104. The highest BCUT2D eigenvalue weighted by atomic mass is 16.6. The number of rotatable bonds is 11. The van der Waals surface area contributed by atoms with Crippen LogP contribution in [0, 0.1) is 5.92 Å². The second kappa shape index (κ2) is 15.2. The summed E-state index contributed by atoms with van der Waals surface area (Å²) in [5, 5.41) is 8.45. The molecule has 9 heteroatoms. The van der Waals surface area contributed by atoms with Crippen molar-refractivity contribution in [2.24, 2.45) is 10.9 Å². The fourth-order valence-electron chi connectivity index (χ4n) is 5.15. The van der Waals surface area contributed by atoms with Crippen LogP contribution in [0.15, 0.2) is 35.3 Å². The standard InChI is InChI=1S/C32H52N4O5/c1-9-10-12-18-25(21-24-16-13-11-14-17-24)22-26(32(19-15-20-32)36-23(2)37)33-27(34-28(38)40-30(3,4)5)35-29(39)41-31(6,7)8/h11,13-14,16-17,25-26H,9-10,12,15,18-22H2,1-8H3,(H,36,37)(H2,33,34,35,38,39). The van der Waals surface area contributed by atoms with Gasteiger partial charge in [0, 0.05) is 6.92 Å². The SMILES string of the molecule is CCCCCC(Cc1ccccc1)CC(N=C(NC(=O)OC(C)(C)C)NC(=O)OC(C)(C)C)C1(NC(C)=O)CCC1. The minimum atomic E-state index is -0.744. The van der Waals surface area contributed by atoms with Gasteiger partial charge in [-0.05, 0) is 85.1 Å². The Kier molecular flexibility index (Phi) is 12.7. The molecule has 2 atom stereocenters. The fourth-order valence-corrected chi connectivity index (χ4v) is 5.15. The third-order valence-electron chi connectivity index (χ3n) is 6.97. The number of hydrogen-bond donors (Lipinski definition) is 3. The molecule has 9 nitrogen and oxygen atoms in total. The van der Waals surface area contributed by atoms with Gasteiger partial charge in [0.15, 0.2) is 0 Å².